The van der Waals surface area contributed by atoms with E-state index < -0.39 is 11.2 Å². The van der Waals surface area contributed by atoms with E-state index in [1.807, 2.05) is 4.57 Å². The lowest BCUT2D eigenvalue weighted by molar-refractivity contribution is -0.137. The summed E-state index contributed by atoms with van der Waals surface area (Å²) in [6.45, 7) is 8.27. The van der Waals surface area contributed by atoms with Crippen LogP contribution in [0.4, 0.5) is 0 Å². The van der Waals surface area contributed by atoms with Gasteiger partial charge in [0.15, 0.2) is 11.2 Å². The SMILES string of the molecule is CCCCn1c(=O)[nH]c(=O)c2c1nc(CCC(=O)N1CCCC3CCCCC31)n2CC(C)C. The molecule has 182 valence electrons. The highest BCUT2D eigenvalue weighted by Gasteiger charge is 2.35. The predicted molar refractivity (Wildman–Crippen MR) is 129 cm³/mol. The van der Waals surface area contributed by atoms with Crippen molar-refractivity contribution in [2.45, 2.75) is 104 Å². The summed E-state index contributed by atoms with van der Waals surface area (Å²) in [5, 5.41) is 0. The zero-order valence-corrected chi connectivity index (χ0v) is 20.4. The molecule has 0 spiro atoms. The van der Waals surface area contributed by atoms with Gasteiger partial charge < -0.3 is 9.47 Å². The molecule has 3 heterocycles. The number of imidazole rings is 1. The first kappa shape index (κ1) is 23.8. The van der Waals surface area contributed by atoms with Crippen molar-refractivity contribution < 1.29 is 4.79 Å². The molecule has 1 saturated heterocycles. The van der Waals surface area contributed by atoms with E-state index in [4.69, 9.17) is 4.98 Å². The smallest absolute Gasteiger partial charge is 0.330 e. The Bertz CT molecular complexity index is 1090. The van der Waals surface area contributed by atoms with Gasteiger partial charge in [0.05, 0.1) is 0 Å². The Morgan fingerprint density at radius 1 is 1.12 bits per heavy atom. The Morgan fingerprint density at radius 2 is 1.88 bits per heavy atom. The van der Waals surface area contributed by atoms with Crippen molar-refractivity contribution in [3.05, 3.63) is 26.7 Å². The fraction of sp³-hybridized carbons (Fsp3) is 0.760. The van der Waals surface area contributed by atoms with Crippen LogP contribution in [0, 0.1) is 11.8 Å². The van der Waals surface area contributed by atoms with Gasteiger partial charge in [-0.2, -0.15) is 0 Å². The lowest BCUT2D eigenvalue weighted by Gasteiger charge is -2.44. The lowest BCUT2D eigenvalue weighted by Crippen LogP contribution is -2.49. The monoisotopic (exact) mass is 457 g/mol. The molecule has 2 atom stereocenters. The number of unbranched alkanes of at least 4 members (excludes halogenated alkanes) is 1. The molecule has 2 aromatic rings. The van der Waals surface area contributed by atoms with Crippen molar-refractivity contribution in [2.24, 2.45) is 11.8 Å². The van der Waals surface area contributed by atoms with Crippen LogP contribution in [-0.2, 0) is 24.3 Å². The third kappa shape index (κ3) is 4.94. The van der Waals surface area contributed by atoms with Gasteiger partial charge in [0.1, 0.15) is 5.82 Å². The summed E-state index contributed by atoms with van der Waals surface area (Å²) in [6.07, 6.45) is 9.87. The molecule has 1 aliphatic carbocycles. The van der Waals surface area contributed by atoms with Crippen LogP contribution in [-0.4, -0.2) is 42.5 Å². The molecule has 1 N–H and O–H groups in total. The molecule has 1 aliphatic heterocycles. The van der Waals surface area contributed by atoms with E-state index >= 15 is 0 Å². The largest absolute Gasteiger partial charge is 0.339 e. The van der Waals surface area contributed by atoms with Crippen molar-refractivity contribution in [3.63, 3.8) is 0 Å². The number of carbonyl (C=O) groups excluding carboxylic acids is 1. The Labute approximate surface area is 195 Å². The summed E-state index contributed by atoms with van der Waals surface area (Å²) in [7, 11) is 0. The minimum Gasteiger partial charge on any atom is -0.339 e. The van der Waals surface area contributed by atoms with Crippen LogP contribution in [0.1, 0.15) is 84.4 Å². The Hall–Kier alpha value is -2.38. The highest BCUT2D eigenvalue weighted by atomic mass is 16.2. The van der Waals surface area contributed by atoms with Crippen LogP contribution in [0.5, 0.6) is 0 Å². The molecule has 0 bridgehead atoms. The van der Waals surface area contributed by atoms with Gasteiger partial charge in [-0.15, -0.1) is 0 Å². The third-order valence-electron chi connectivity index (χ3n) is 7.37. The van der Waals surface area contributed by atoms with Crippen LogP contribution in [0.2, 0.25) is 0 Å². The molecule has 4 rings (SSSR count). The first-order valence-corrected chi connectivity index (χ1v) is 12.9. The van der Waals surface area contributed by atoms with E-state index in [0.29, 0.717) is 55.0 Å². The van der Waals surface area contributed by atoms with E-state index in [1.54, 1.807) is 4.57 Å². The maximum Gasteiger partial charge on any atom is 0.330 e. The second kappa shape index (κ2) is 10.3. The fourth-order valence-electron chi connectivity index (χ4n) is 5.79. The summed E-state index contributed by atoms with van der Waals surface area (Å²) in [6, 6.07) is 0.400. The minimum absolute atomic E-state index is 0.201. The van der Waals surface area contributed by atoms with Gasteiger partial charge in [0.2, 0.25) is 5.91 Å². The second-order valence-corrected chi connectivity index (χ2v) is 10.3. The number of carbonyl (C=O) groups is 1. The average Bonchev–Trinajstić information content (AvgIpc) is 3.14. The standard InChI is InChI=1S/C25H39N5O3/c1-4-5-14-29-23-22(24(32)27-25(29)33)30(16-17(2)3)20(26-23)12-13-21(31)28-15-8-10-18-9-6-7-11-19(18)28/h17-19H,4-16H2,1-3H3,(H,27,32,33). The Kier molecular flexibility index (Phi) is 7.39. The molecule has 0 aromatic carbocycles. The molecule has 0 radical (unpaired) electrons. The zero-order valence-electron chi connectivity index (χ0n) is 20.4. The van der Waals surface area contributed by atoms with Gasteiger partial charge in [-0.1, -0.05) is 40.0 Å². The number of aromatic amines is 1. The van der Waals surface area contributed by atoms with Crippen LogP contribution in [0.15, 0.2) is 9.59 Å². The Balaban J connectivity index is 1.62. The van der Waals surface area contributed by atoms with E-state index in [2.05, 4.69) is 30.7 Å². The summed E-state index contributed by atoms with van der Waals surface area (Å²) in [4.78, 5) is 47.9. The molecule has 2 fully saturated rings. The third-order valence-corrected chi connectivity index (χ3v) is 7.37. The van der Waals surface area contributed by atoms with Crippen molar-refractivity contribution in [3.8, 4) is 0 Å². The van der Waals surface area contributed by atoms with E-state index in [-0.39, 0.29) is 5.91 Å². The number of aromatic nitrogens is 4. The first-order valence-electron chi connectivity index (χ1n) is 12.9. The average molecular weight is 458 g/mol. The molecule has 2 unspecified atom stereocenters. The summed E-state index contributed by atoms with van der Waals surface area (Å²) < 4.78 is 3.52. The highest BCUT2D eigenvalue weighted by Crippen LogP contribution is 2.35. The number of H-pyrrole nitrogens is 1. The number of fused-ring (bicyclic) bond motifs is 2. The molecule has 2 aromatic heterocycles. The molecular formula is C25H39N5O3. The summed E-state index contributed by atoms with van der Waals surface area (Å²) in [5.41, 5.74) is 0.0989. The summed E-state index contributed by atoms with van der Waals surface area (Å²) in [5.74, 6) is 1.89. The number of piperidine rings is 1. The van der Waals surface area contributed by atoms with Crippen molar-refractivity contribution in [1.29, 1.82) is 0 Å². The van der Waals surface area contributed by atoms with Crippen LogP contribution >= 0.6 is 0 Å². The molecule has 33 heavy (non-hydrogen) atoms. The lowest BCUT2D eigenvalue weighted by atomic mass is 9.78. The maximum atomic E-state index is 13.3. The minimum atomic E-state index is -0.408. The number of nitrogens with one attached hydrogen (secondary N) is 1. The zero-order chi connectivity index (χ0) is 23.5. The number of nitrogens with zero attached hydrogens (tertiary/aromatic N) is 4. The number of hydrogen-bond acceptors (Lipinski definition) is 4. The molecule has 1 amide bonds. The second-order valence-electron chi connectivity index (χ2n) is 10.3. The number of aryl methyl sites for hydroxylation is 2. The van der Waals surface area contributed by atoms with Crippen LogP contribution in [0.25, 0.3) is 11.2 Å². The molecule has 1 saturated carbocycles. The number of likely N-dealkylation sites (tertiary alicyclic amines) is 1. The van der Waals surface area contributed by atoms with Gasteiger partial charge in [-0.05, 0) is 43.9 Å². The quantitative estimate of drug-likeness (QED) is 0.657. The van der Waals surface area contributed by atoms with E-state index in [0.717, 1.165) is 38.1 Å². The molecular weight excluding hydrogens is 418 g/mol. The summed E-state index contributed by atoms with van der Waals surface area (Å²) >= 11 is 0. The van der Waals surface area contributed by atoms with E-state index in [9.17, 15) is 14.4 Å². The Morgan fingerprint density at radius 3 is 2.64 bits per heavy atom. The normalized spacial score (nSPS) is 21.0. The molecule has 8 heteroatoms. The van der Waals surface area contributed by atoms with Crippen molar-refractivity contribution in [1.82, 2.24) is 24.0 Å². The van der Waals surface area contributed by atoms with Gasteiger partial charge in [-0.25, -0.2) is 9.78 Å². The van der Waals surface area contributed by atoms with Crippen LogP contribution < -0.4 is 11.2 Å². The predicted octanol–water partition coefficient (Wildman–Crippen LogP) is 3.46. The van der Waals surface area contributed by atoms with E-state index in [1.165, 1.54) is 25.7 Å². The highest BCUT2D eigenvalue weighted by molar-refractivity contribution is 5.77. The number of hydrogen-bond donors (Lipinski definition) is 1. The van der Waals surface area contributed by atoms with Gasteiger partial charge in [0, 0.05) is 38.5 Å². The maximum absolute atomic E-state index is 13.3. The van der Waals surface area contributed by atoms with Crippen molar-refractivity contribution in [2.75, 3.05) is 6.54 Å². The first-order chi connectivity index (χ1) is 15.9. The molecule has 2 aliphatic rings. The molecule has 8 nitrogen and oxygen atoms in total. The van der Waals surface area contributed by atoms with Crippen LogP contribution in [0.3, 0.4) is 0 Å². The van der Waals surface area contributed by atoms with Gasteiger partial charge >= 0.3 is 5.69 Å². The topological polar surface area (TPSA) is 93.0 Å². The van der Waals surface area contributed by atoms with Gasteiger partial charge in [-0.3, -0.25) is 19.1 Å². The number of amides is 1. The number of rotatable bonds is 8. The van der Waals surface area contributed by atoms with Crippen molar-refractivity contribution >= 4 is 17.1 Å². The fourth-order valence-corrected chi connectivity index (χ4v) is 5.79. The van der Waals surface area contributed by atoms with Gasteiger partial charge in [0.25, 0.3) is 5.56 Å².